The number of nitrogens with one attached hydrogen (secondary N) is 1. The van der Waals surface area contributed by atoms with Gasteiger partial charge in [0, 0.05) is 12.6 Å². The standard InChI is InChI=1S/C16H20N2O2/c1-9-6-10(2)16(11(3)7-9)18-15(19)8-14-12(4)17-13(5)20-14/h6-7H,8H2,1-5H3,(H,18,19). The molecule has 4 heteroatoms. The van der Waals surface area contributed by atoms with Crippen LogP contribution in [0.5, 0.6) is 0 Å². The molecular formula is C16H20N2O2. The maximum absolute atomic E-state index is 12.1. The van der Waals surface area contributed by atoms with Crippen molar-refractivity contribution in [3.05, 3.63) is 46.2 Å². The summed E-state index contributed by atoms with van der Waals surface area (Å²) in [5, 5.41) is 2.96. The number of oxazole rings is 1. The smallest absolute Gasteiger partial charge is 0.232 e. The van der Waals surface area contributed by atoms with Crippen LogP contribution in [0.25, 0.3) is 0 Å². The number of carbonyl (C=O) groups is 1. The molecule has 106 valence electrons. The zero-order valence-corrected chi connectivity index (χ0v) is 12.6. The maximum Gasteiger partial charge on any atom is 0.232 e. The van der Waals surface area contributed by atoms with Crippen molar-refractivity contribution in [2.75, 3.05) is 5.32 Å². The fourth-order valence-corrected chi connectivity index (χ4v) is 2.44. The molecule has 0 spiro atoms. The predicted molar refractivity (Wildman–Crippen MR) is 79.0 cm³/mol. The molecular weight excluding hydrogens is 252 g/mol. The molecule has 0 aliphatic heterocycles. The summed E-state index contributed by atoms with van der Waals surface area (Å²) in [4.78, 5) is 16.3. The summed E-state index contributed by atoms with van der Waals surface area (Å²) in [7, 11) is 0. The predicted octanol–water partition coefficient (Wildman–Crippen LogP) is 3.40. The van der Waals surface area contributed by atoms with E-state index in [2.05, 4.69) is 22.4 Å². The molecule has 0 aliphatic rings. The lowest BCUT2D eigenvalue weighted by Crippen LogP contribution is -2.16. The van der Waals surface area contributed by atoms with Crippen molar-refractivity contribution < 1.29 is 9.21 Å². The monoisotopic (exact) mass is 272 g/mol. The number of anilines is 1. The highest BCUT2D eigenvalue weighted by Crippen LogP contribution is 2.22. The Balaban J connectivity index is 2.15. The largest absolute Gasteiger partial charge is 0.445 e. The van der Waals surface area contributed by atoms with Crippen molar-refractivity contribution in [3.8, 4) is 0 Å². The highest BCUT2D eigenvalue weighted by Gasteiger charge is 2.14. The summed E-state index contributed by atoms with van der Waals surface area (Å²) >= 11 is 0. The van der Waals surface area contributed by atoms with E-state index in [1.54, 1.807) is 6.92 Å². The lowest BCUT2D eigenvalue weighted by molar-refractivity contribution is -0.115. The zero-order valence-electron chi connectivity index (χ0n) is 12.6. The van der Waals surface area contributed by atoms with E-state index in [0.717, 1.165) is 22.5 Å². The van der Waals surface area contributed by atoms with Gasteiger partial charge in [-0.1, -0.05) is 17.7 Å². The molecule has 0 saturated heterocycles. The molecule has 0 fully saturated rings. The summed E-state index contributed by atoms with van der Waals surface area (Å²) < 4.78 is 5.43. The van der Waals surface area contributed by atoms with Crippen LogP contribution in [0.2, 0.25) is 0 Å². The molecule has 0 bridgehead atoms. The van der Waals surface area contributed by atoms with Gasteiger partial charge in [0.2, 0.25) is 5.91 Å². The molecule has 0 aliphatic carbocycles. The van der Waals surface area contributed by atoms with Gasteiger partial charge in [-0.05, 0) is 38.8 Å². The lowest BCUT2D eigenvalue weighted by Gasteiger charge is -2.12. The number of hydrogen-bond acceptors (Lipinski definition) is 3. The number of rotatable bonds is 3. The van der Waals surface area contributed by atoms with E-state index in [1.807, 2.05) is 27.7 Å². The zero-order chi connectivity index (χ0) is 14.9. The maximum atomic E-state index is 12.1. The van der Waals surface area contributed by atoms with E-state index in [0.29, 0.717) is 11.7 Å². The van der Waals surface area contributed by atoms with Gasteiger partial charge in [-0.15, -0.1) is 0 Å². The van der Waals surface area contributed by atoms with Crippen LogP contribution in [0.4, 0.5) is 5.69 Å². The lowest BCUT2D eigenvalue weighted by atomic mass is 10.0. The van der Waals surface area contributed by atoms with Crippen molar-refractivity contribution in [2.45, 2.75) is 41.0 Å². The van der Waals surface area contributed by atoms with Gasteiger partial charge in [-0.2, -0.15) is 0 Å². The van der Waals surface area contributed by atoms with Crippen LogP contribution in [0.1, 0.15) is 34.0 Å². The van der Waals surface area contributed by atoms with Crippen molar-refractivity contribution in [3.63, 3.8) is 0 Å². The summed E-state index contributed by atoms with van der Waals surface area (Å²) in [6, 6.07) is 4.12. The number of aryl methyl sites for hydroxylation is 5. The third kappa shape index (κ3) is 3.07. The molecule has 1 N–H and O–H groups in total. The minimum atomic E-state index is -0.0840. The molecule has 1 aromatic heterocycles. The van der Waals surface area contributed by atoms with Crippen LogP contribution < -0.4 is 5.32 Å². The van der Waals surface area contributed by atoms with Crippen molar-refractivity contribution >= 4 is 11.6 Å². The third-order valence-electron chi connectivity index (χ3n) is 3.26. The summed E-state index contributed by atoms with van der Waals surface area (Å²) in [6.45, 7) is 9.68. The van der Waals surface area contributed by atoms with Crippen LogP contribution in [0.3, 0.4) is 0 Å². The quantitative estimate of drug-likeness (QED) is 0.931. The van der Waals surface area contributed by atoms with Gasteiger partial charge in [0.15, 0.2) is 5.89 Å². The van der Waals surface area contributed by atoms with Gasteiger partial charge in [-0.25, -0.2) is 4.98 Å². The highest BCUT2D eigenvalue weighted by atomic mass is 16.4. The second-order valence-electron chi connectivity index (χ2n) is 5.24. The average Bonchev–Trinajstić information content (AvgIpc) is 2.62. The van der Waals surface area contributed by atoms with E-state index in [4.69, 9.17) is 4.42 Å². The van der Waals surface area contributed by atoms with E-state index >= 15 is 0 Å². The Hall–Kier alpha value is -2.10. The molecule has 1 amide bonds. The molecule has 0 radical (unpaired) electrons. The first kappa shape index (κ1) is 14.3. The minimum Gasteiger partial charge on any atom is -0.445 e. The Morgan fingerprint density at radius 3 is 2.25 bits per heavy atom. The summed E-state index contributed by atoms with van der Waals surface area (Å²) in [6.07, 6.45) is 0.208. The van der Waals surface area contributed by atoms with E-state index in [9.17, 15) is 4.79 Å². The number of hydrogen-bond donors (Lipinski definition) is 1. The Kier molecular flexibility index (Phi) is 3.93. The molecule has 0 saturated carbocycles. The van der Waals surface area contributed by atoms with Crippen LogP contribution in [-0.2, 0) is 11.2 Å². The Labute approximate surface area is 119 Å². The normalized spacial score (nSPS) is 10.7. The molecule has 2 aromatic rings. The van der Waals surface area contributed by atoms with Gasteiger partial charge in [0.25, 0.3) is 0 Å². The van der Waals surface area contributed by atoms with Crippen LogP contribution >= 0.6 is 0 Å². The van der Waals surface area contributed by atoms with Gasteiger partial charge in [0.05, 0.1) is 12.1 Å². The topological polar surface area (TPSA) is 55.1 Å². The number of amides is 1. The fraction of sp³-hybridized carbons (Fsp3) is 0.375. The van der Waals surface area contributed by atoms with Crippen molar-refractivity contribution in [1.82, 2.24) is 4.98 Å². The van der Waals surface area contributed by atoms with Crippen LogP contribution in [0.15, 0.2) is 16.5 Å². The van der Waals surface area contributed by atoms with E-state index in [1.165, 1.54) is 5.56 Å². The minimum absolute atomic E-state index is 0.0840. The fourth-order valence-electron chi connectivity index (χ4n) is 2.44. The molecule has 1 aromatic carbocycles. The first-order valence-corrected chi connectivity index (χ1v) is 6.67. The number of benzene rings is 1. The Bertz CT molecular complexity index is 633. The summed E-state index contributed by atoms with van der Waals surface area (Å²) in [5.41, 5.74) is 4.99. The van der Waals surface area contributed by atoms with E-state index < -0.39 is 0 Å². The first-order valence-electron chi connectivity index (χ1n) is 6.67. The van der Waals surface area contributed by atoms with Gasteiger partial charge >= 0.3 is 0 Å². The second-order valence-corrected chi connectivity index (χ2v) is 5.24. The Morgan fingerprint density at radius 2 is 1.75 bits per heavy atom. The molecule has 0 atom stereocenters. The highest BCUT2D eigenvalue weighted by molar-refractivity contribution is 5.93. The first-order chi connectivity index (χ1) is 9.36. The van der Waals surface area contributed by atoms with Crippen LogP contribution in [0, 0.1) is 34.6 Å². The molecule has 4 nitrogen and oxygen atoms in total. The van der Waals surface area contributed by atoms with Gasteiger partial charge in [0.1, 0.15) is 5.76 Å². The molecule has 0 unspecified atom stereocenters. The average molecular weight is 272 g/mol. The van der Waals surface area contributed by atoms with Gasteiger partial charge in [-0.3, -0.25) is 4.79 Å². The third-order valence-corrected chi connectivity index (χ3v) is 3.26. The number of aromatic nitrogens is 1. The SMILES string of the molecule is Cc1cc(C)c(NC(=O)Cc2oc(C)nc2C)c(C)c1. The van der Waals surface area contributed by atoms with Gasteiger partial charge < -0.3 is 9.73 Å². The number of carbonyl (C=O) groups excluding carboxylic acids is 1. The molecule has 2 rings (SSSR count). The van der Waals surface area contributed by atoms with E-state index in [-0.39, 0.29) is 12.3 Å². The van der Waals surface area contributed by atoms with Crippen molar-refractivity contribution in [2.24, 2.45) is 0 Å². The molecule has 20 heavy (non-hydrogen) atoms. The summed E-state index contributed by atoms with van der Waals surface area (Å²) in [5.74, 6) is 1.13. The van der Waals surface area contributed by atoms with Crippen LogP contribution in [-0.4, -0.2) is 10.9 Å². The van der Waals surface area contributed by atoms with Crippen molar-refractivity contribution in [1.29, 1.82) is 0 Å². The molecule has 1 heterocycles. The second kappa shape index (κ2) is 5.49. The Morgan fingerprint density at radius 1 is 1.15 bits per heavy atom. The number of nitrogens with zero attached hydrogens (tertiary/aromatic N) is 1.